The molecule has 0 aromatic rings. The second-order valence-corrected chi connectivity index (χ2v) is 13.2. The summed E-state index contributed by atoms with van der Waals surface area (Å²) in [7, 11) is 1.30. The molecule has 0 saturated heterocycles. The first kappa shape index (κ1) is 37.5. The smallest absolute Gasteiger partial charge is 0.268 e. The molecule has 9 heteroatoms. The summed E-state index contributed by atoms with van der Waals surface area (Å²) in [6.07, 6.45) is 18.5. The van der Waals surface area contributed by atoms with Crippen molar-refractivity contribution in [3.8, 4) is 0 Å². The molecule has 0 radical (unpaired) electrons. The number of hydrogen-bond acceptors (Lipinski definition) is 6. The Morgan fingerprint density at radius 2 is 1.29 bits per heavy atom. The van der Waals surface area contributed by atoms with Gasteiger partial charge >= 0.3 is 0 Å². The maximum absolute atomic E-state index is 12.6. The number of hydrogen-bond donors (Lipinski definition) is 2. The molecule has 228 valence electrons. The lowest BCUT2D eigenvalue weighted by Gasteiger charge is -2.30. The molecule has 8 nitrogen and oxygen atoms in total. The normalized spacial score (nSPS) is 15.2. The van der Waals surface area contributed by atoms with Crippen LogP contribution < -0.4 is 10.2 Å². The van der Waals surface area contributed by atoms with Crippen LogP contribution in [0.3, 0.4) is 0 Å². The zero-order chi connectivity index (χ0) is 28.7. The molecule has 0 aliphatic rings. The first-order valence-corrected chi connectivity index (χ1v) is 16.8. The number of phosphoric acid groups is 1. The van der Waals surface area contributed by atoms with Crippen molar-refractivity contribution in [2.75, 3.05) is 40.9 Å². The molecule has 3 atom stereocenters. The van der Waals surface area contributed by atoms with E-state index in [1.807, 2.05) is 21.1 Å². The number of carbonyl (C=O) groups is 1. The molecule has 1 amide bonds. The van der Waals surface area contributed by atoms with Gasteiger partial charge in [-0.25, -0.2) is 0 Å². The van der Waals surface area contributed by atoms with Crippen molar-refractivity contribution in [1.29, 1.82) is 0 Å². The Bertz CT molecular complexity index is 614. The van der Waals surface area contributed by atoms with Gasteiger partial charge in [-0.3, -0.25) is 9.36 Å². The summed E-state index contributed by atoms with van der Waals surface area (Å²) >= 11 is 0. The number of nitrogens with zero attached hydrogens (tertiary/aromatic N) is 1. The van der Waals surface area contributed by atoms with Gasteiger partial charge in [-0.05, 0) is 12.8 Å². The van der Waals surface area contributed by atoms with Crippen molar-refractivity contribution in [1.82, 2.24) is 5.32 Å². The molecule has 2 N–H and O–H groups in total. The molecule has 0 fully saturated rings. The van der Waals surface area contributed by atoms with Gasteiger partial charge in [0.1, 0.15) is 13.2 Å². The number of unbranched alkanes of at least 4 members (excludes halogenated alkanes) is 14. The van der Waals surface area contributed by atoms with E-state index in [1.54, 1.807) is 0 Å². The Morgan fingerprint density at radius 3 is 1.79 bits per heavy atom. The number of amides is 1. The topological polar surface area (TPSA) is 108 Å². The third-order valence-corrected chi connectivity index (χ3v) is 7.81. The predicted molar refractivity (Wildman–Crippen MR) is 155 cm³/mol. The van der Waals surface area contributed by atoms with Crippen LogP contribution in [-0.2, 0) is 18.4 Å². The number of likely N-dealkylation sites (N-methyl/N-ethyl adjacent to an activating group) is 1. The van der Waals surface area contributed by atoms with Crippen LogP contribution in [0.2, 0.25) is 0 Å². The van der Waals surface area contributed by atoms with Gasteiger partial charge < -0.3 is 28.8 Å². The van der Waals surface area contributed by atoms with Crippen LogP contribution in [0, 0.1) is 0 Å². The lowest BCUT2D eigenvalue weighted by atomic mass is 10.0. The summed E-state index contributed by atoms with van der Waals surface area (Å²) in [6, 6.07) is -0.786. The number of carbonyl (C=O) groups excluding carboxylic acids is 1. The molecule has 0 spiro atoms. The average molecular weight is 565 g/mol. The monoisotopic (exact) mass is 564 g/mol. The first-order valence-electron chi connectivity index (χ1n) is 15.4. The van der Waals surface area contributed by atoms with Crippen LogP contribution in [0.5, 0.6) is 0 Å². The fraction of sp³-hybridized carbons (Fsp3) is 0.966. The summed E-state index contributed by atoms with van der Waals surface area (Å²) < 4.78 is 22.9. The molecule has 0 saturated carbocycles. The Balaban J connectivity index is 4.47. The van der Waals surface area contributed by atoms with Crippen LogP contribution in [0.1, 0.15) is 129 Å². The van der Waals surface area contributed by atoms with E-state index in [4.69, 9.17) is 9.05 Å². The molecule has 38 heavy (non-hydrogen) atoms. The highest BCUT2D eigenvalue weighted by molar-refractivity contribution is 7.45. The predicted octanol–water partition coefficient (Wildman–Crippen LogP) is 6.10. The maximum Gasteiger partial charge on any atom is 0.268 e. The van der Waals surface area contributed by atoms with Crippen LogP contribution >= 0.6 is 7.82 Å². The lowest BCUT2D eigenvalue weighted by molar-refractivity contribution is -0.870. The van der Waals surface area contributed by atoms with E-state index in [2.05, 4.69) is 19.2 Å². The highest BCUT2D eigenvalue weighted by atomic mass is 31.2. The molecule has 0 heterocycles. The van der Waals surface area contributed by atoms with Crippen molar-refractivity contribution >= 4 is 13.7 Å². The van der Waals surface area contributed by atoms with E-state index in [0.717, 1.165) is 51.4 Å². The molecular formula is C29H61N2O6P. The van der Waals surface area contributed by atoms with Crippen molar-refractivity contribution < 1.29 is 32.9 Å². The fourth-order valence-electron chi connectivity index (χ4n) is 4.27. The number of quaternary nitrogens is 1. The number of aliphatic hydroxyl groups is 1. The molecule has 3 unspecified atom stereocenters. The zero-order valence-corrected chi connectivity index (χ0v) is 26.3. The van der Waals surface area contributed by atoms with Gasteiger partial charge in [0.25, 0.3) is 7.82 Å². The lowest BCUT2D eigenvalue weighted by Crippen LogP contribution is -2.46. The Morgan fingerprint density at radius 1 is 0.816 bits per heavy atom. The average Bonchev–Trinajstić information content (AvgIpc) is 2.83. The number of phosphoric ester groups is 1. The van der Waals surface area contributed by atoms with Crippen molar-refractivity contribution in [2.24, 2.45) is 0 Å². The summed E-state index contributed by atoms with van der Waals surface area (Å²) in [5, 5.41) is 13.5. The van der Waals surface area contributed by atoms with Gasteiger partial charge in [0.2, 0.25) is 5.91 Å². The van der Waals surface area contributed by atoms with Crippen LogP contribution in [0.25, 0.3) is 0 Å². The minimum Gasteiger partial charge on any atom is -0.756 e. The second kappa shape index (κ2) is 23.2. The van der Waals surface area contributed by atoms with E-state index < -0.39 is 20.0 Å². The highest BCUT2D eigenvalue weighted by Crippen LogP contribution is 2.38. The molecule has 0 bridgehead atoms. The molecule has 0 aliphatic heterocycles. The van der Waals surface area contributed by atoms with E-state index in [9.17, 15) is 19.4 Å². The quantitative estimate of drug-likeness (QED) is 0.0709. The van der Waals surface area contributed by atoms with E-state index in [-0.39, 0.29) is 19.1 Å². The number of rotatable bonds is 27. The number of nitrogens with one attached hydrogen (secondary N) is 1. The van der Waals surface area contributed by atoms with E-state index in [1.165, 1.54) is 51.4 Å². The third-order valence-electron chi connectivity index (χ3n) is 6.85. The van der Waals surface area contributed by atoms with Gasteiger partial charge in [0.15, 0.2) is 0 Å². The van der Waals surface area contributed by atoms with Crippen molar-refractivity contribution in [3.63, 3.8) is 0 Å². The SMILES string of the molecule is CCCCCCCCCCCCCC(=O)NC(COP(=O)([O-])OCC[N+](C)(C)C)C(O)CCCCCCC. The Labute approximate surface area is 234 Å². The highest BCUT2D eigenvalue weighted by Gasteiger charge is 2.24. The second-order valence-electron chi connectivity index (χ2n) is 11.8. The summed E-state index contributed by atoms with van der Waals surface area (Å²) in [6.45, 7) is 4.58. The van der Waals surface area contributed by atoms with Crippen LogP contribution in [0.4, 0.5) is 0 Å². The minimum absolute atomic E-state index is 0.0140. The van der Waals surface area contributed by atoms with Gasteiger partial charge in [0, 0.05) is 6.42 Å². The Hall–Kier alpha value is -0.500. The molecule has 0 aromatic carbocycles. The first-order chi connectivity index (χ1) is 18.0. The summed E-state index contributed by atoms with van der Waals surface area (Å²) in [4.78, 5) is 24.8. The number of aliphatic hydroxyl groups excluding tert-OH is 1. The van der Waals surface area contributed by atoms with Crippen molar-refractivity contribution in [2.45, 2.75) is 142 Å². The van der Waals surface area contributed by atoms with Crippen LogP contribution in [-0.4, -0.2) is 68.5 Å². The molecule has 0 aliphatic carbocycles. The molecule has 0 rings (SSSR count). The van der Waals surface area contributed by atoms with Crippen molar-refractivity contribution in [3.05, 3.63) is 0 Å². The summed E-state index contributed by atoms with van der Waals surface area (Å²) in [5.74, 6) is -0.175. The Kier molecular flexibility index (Phi) is 22.9. The fourth-order valence-corrected chi connectivity index (χ4v) is 4.99. The third kappa shape index (κ3) is 24.5. The van der Waals surface area contributed by atoms with Gasteiger partial charge in [-0.15, -0.1) is 0 Å². The van der Waals surface area contributed by atoms with E-state index >= 15 is 0 Å². The molecule has 0 aromatic heterocycles. The minimum atomic E-state index is -4.53. The zero-order valence-electron chi connectivity index (χ0n) is 25.4. The van der Waals surface area contributed by atoms with Gasteiger partial charge in [0.05, 0.1) is 39.9 Å². The van der Waals surface area contributed by atoms with Gasteiger partial charge in [-0.2, -0.15) is 0 Å². The standard InChI is InChI=1S/C29H61N2O6P/c1-6-8-10-12-13-14-15-16-17-19-21-23-29(33)30-27(28(32)22-20-18-11-9-7-2)26-37-38(34,35)36-25-24-31(3,4)5/h27-28,32H,6-26H2,1-5H3,(H-,30,33,34,35). The largest absolute Gasteiger partial charge is 0.756 e. The molecular weight excluding hydrogens is 503 g/mol. The maximum atomic E-state index is 12.6. The van der Waals surface area contributed by atoms with E-state index in [0.29, 0.717) is 23.9 Å². The van der Waals surface area contributed by atoms with Crippen LogP contribution in [0.15, 0.2) is 0 Å². The van der Waals surface area contributed by atoms with Gasteiger partial charge in [-0.1, -0.05) is 110 Å². The summed E-state index contributed by atoms with van der Waals surface area (Å²) in [5.41, 5.74) is 0.